The highest BCUT2D eigenvalue weighted by atomic mass is 32.2. The number of thioether (sulfide) groups is 1. The zero-order valence-corrected chi connectivity index (χ0v) is 11.0. The predicted octanol–water partition coefficient (Wildman–Crippen LogP) is 1.19. The molecule has 2 aromatic rings. The Hall–Kier alpha value is -2.79. The molecule has 0 unspecified atom stereocenters. The Bertz CT molecular complexity index is 897. The summed E-state index contributed by atoms with van der Waals surface area (Å²) >= 11 is 0.524. The zero-order valence-electron chi connectivity index (χ0n) is 10.2. The van der Waals surface area contributed by atoms with Gasteiger partial charge in [-0.15, -0.1) is 0 Å². The van der Waals surface area contributed by atoms with Crippen LogP contribution in [0.3, 0.4) is 0 Å². The van der Waals surface area contributed by atoms with Gasteiger partial charge in [-0.05, 0) is 36.0 Å². The van der Waals surface area contributed by atoms with E-state index in [9.17, 15) is 18.8 Å². The van der Waals surface area contributed by atoms with E-state index < -0.39 is 22.4 Å². The maximum Gasteiger partial charge on any atom is 0.312 e. The van der Waals surface area contributed by atoms with Crippen LogP contribution in [0.1, 0.15) is 10.4 Å². The van der Waals surface area contributed by atoms with Crippen molar-refractivity contribution < 1.29 is 14.0 Å². The maximum atomic E-state index is 13.0. The number of nitrogens with zero attached hydrogens (tertiary/aromatic N) is 3. The molecule has 1 aliphatic heterocycles. The predicted molar refractivity (Wildman–Crippen MR) is 70.1 cm³/mol. The Balaban J connectivity index is 2.41. The van der Waals surface area contributed by atoms with Crippen LogP contribution in [0.4, 0.5) is 4.39 Å². The summed E-state index contributed by atoms with van der Waals surface area (Å²) < 4.78 is 13.9. The topological polar surface area (TPSA) is 92.8 Å². The van der Waals surface area contributed by atoms with Gasteiger partial charge in [-0.1, -0.05) is 0 Å². The van der Waals surface area contributed by atoms with E-state index in [1.807, 2.05) is 0 Å². The molecule has 0 bridgehead atoms. The van der Waals surface area contributed by atoms with Gasteiger partial charge in [0.1, 0.15) is 17.4 Å². The molecule has 0 amide bonds. The monoisotopic (exact) mass is 301 g/mol. The third kappa shape index (κ3) is 1.95. The summed E-state index contributed by atoms with van der Waals surface area (Å²) in [4.78, 5) is 38.8. The summed E-state index contributed by atoms with van der Waals surface area (Å²) in [6.07, 6.45) is 0. The second kappa shape index (κ2) is 4.64. The highest BCUT2D eigenvalue weighted by molar-refractivity contribution is 8.15. The van der Waals surface area contributed by atoms with Gasteiger partial charge in [-0.3, -0.25) is 14.4 Å². The maximum absolute atomic E-state index is 13.0. The number of benzene rings is 1. The number of aromatic nitrogens is 2. The lowest BCUT2D eigenvalue weighted by atomic mass is 10.1. The third-order valence-corrected chi connectivity index (χ3v) is 3.67. The Morgan fingerprint density at radius 2 is 1.86 bits per heavy atom. The molecule has 6 nitrogen and oxygen atoms in total. The second-order valence-corrected chi connectivity index (χ2v) is 5.01. The smallest absolute Gasteiger partial charge is 0.275 e. The van der Waals surface area contributed by atoms with E-state index in [1.54, 1.807) is 6.07 Å². The fraction of sp³-hybridized carbons (Fsp3) is 0. The molecule has 0 radical (unpaired) electrons. The minimum Gasteiger partial charge on any atom is -0.275 e. The van der Waals surface area contributed by atoms with Gasteiger partial charge in [-0.25, -0.2) is 8.96 Å². The second-order valence-electron chi connectivity index (χ2n) is 4.07. The average Bonchev–Trinajstić information content (AvgIpc) is 2.73. The van der Waals surface area contributed by atoms with Crippen molar-refractivity contribution in [2.24, 2.45) is 0 Å². The molecule has 2 heterocycles. The molecule has 0 spiro atoms. The fourth-order valence-corrected chi connectivity index (χ4v) is 2.70. The largest absolute Gasteiger partial charge is 0.312 e. The molecule has 102 valence electrons. The Morgan fingerprint density at radius 3 is 2.48 bits per heavy atom. The van der Waals surface area contributed by atoms with Gasteiger partial charge in [-0.2, -0.15) is 10.2 Å². The summed E-state index contributed by atoms with van der Waals surface area (Å²) in [5.74, 6) is -1.40. The highest BCUT2D eigenvalue weighted by Crippen LogP contribution is 2.31. The van der Waals surface area contributed by atoms with E-state index in [2.05, 4.69) is 4.98 Å². The van der Waals surface area contributed by atoms with Gasteiger partial charge in [0.25, 0.3) is 10.7 Å². The zero-order chi connectivity index (χ0) is 15.1. The number of hydrogen-bond donors (Lipinski definition) is 0. The molecule has 0 saturated heterocycles. The minimum atomic E-state index is -0.890. The molecule has 1 aliphatic rings. The molecule has 0 saturated carbocycles. The standard InChI is InChI=1S/C13H4FN3O3S/c14-7-3-1-6(2-4-7)9-8(5-15)10(18)16-13-17(9)11(19)12(20)21-13/h1-4H. The molecule has 0 aliphatic carbocycles. The van der Waals surface area contributed by atoms with Crippen LogP contribution < -0.4 is 5.56 Å². The van der Waals surface area contributed by atoms with Gasteiger partial charge in [0, 0.05) is 5.56 Å². The first-order valence-electron chi connectivity index (χ1n) is 5.62. The fourth-order valence-electron chi connectivity index (χ4n) is 1.96. The van der Waals surface area contributed by atoms with Crippen molar-refractivity contribution in [2.45, 2.75) is 5.16 Å². The van der Waals surface area contributed by atoms with Gasteiger partial charge < -0.3 is 0 Å². The molecule has 0 atom stereocenters. The molecule has 21 heavy (non-hydrogen) atoms. The van der Waals surface area contributed by atoms with Crippen molar-refractivity contribution in [3.63, 3.8) is 0 Å². The van der Waals surface area contributed by atoms with E-state index in [0.717, 1.165) is 16.7 Å². The van der Waals surface area contributed by atoms with Crippen molar-refractivity contribution in [3.8, 4) is 17.3 Å². The van der Waals surface area contributed by atoms with Crippen LogP contribution in [0.5, 0.6) is 0 Å². The molecular formula is C13H4FN3O3S. The first-order chi connectivity index (χ1) is 10.0. The summed E-state index contributed by atoms with van der Waals surface area (Å²) in [5.41, 5.74) is -0.972. The Labute approximate surface area is 120 Å². The molecule has 0 fully saturated rings. The van der Waals surface area contributed by atoms with Crippen molar-refractivity contribution in [1.82, 2.24) is 9.55 Å². The lowest BCUT2D eigenvalue weighted by molar-refractivity contribution is -0.107. The lowest BCUT2D eigenvalue weighted by Gasteiger charge is -2.10. The highest BCUT2D eigenvalue weighted by Gasteiger charge is 2.34. The van der Waals surface area contributed by atoms with Crippen LogP contribution in [-0.4, -0.2) is 20.6 Å². The quantitative estimate of drug-likeness (QED) is 0.580. The molecule has 3 rings (SSSR count). The summed E-state index contributed by atoms with van der Waals surface area (Å²) in [6.45, 7) is 0. The molecule has 0 N–H and O–H groups in total. The number of halogens is 1. The van der Waals surface area contributed by atoms with Crippen LogP contribution in [0, 0.1) is 17.1 Å². The SMILES string of the molecule is N#Cc1c(-c2ccc(F)cc2)n2c(nc1=O)SC(=O)C2=O. The summed E-state index contributed by atoms with van der Waals surface area (Å²) in [6, 6.07) is 6.57. The number of carbonyl (C=O) groups excluding carboxylic acids is 2. The Morgan fingerprint density at radius 1 is 1.19 bits per heavy atom. The molecule has 1 aromatic heterocycles. The van der Waals surface area contributed by atoms with Gasteiger partial charge in [0.15, 0.2) is 5.16 Å². The number of nitriles is 1. The van der Waals surface area contributed by atoms with Crippen LogP contribution in [0.15, 0.2) is 34.2 Å². The Kier molecular flexibility index (Phi) is 2.92. The van der Waals surface area contributed by atoms with E-state index in [-0.39, 0.29) is 22.0 Å². The first kappa shape index (κ1) is 13.2. The van der Waals surface area contributed by atoms with E-state index in [4.69, 9.17) is 5.26 Å². The van der Waals surface area contributed by atoms with E-state index >= 15 is 0 Å². The van der Waals surface area contributed by atoms with Crippen molar-refractivity contribution in [2.75, 3.05) is 0 Å². The van der Waals surface area contributed by atoms with E-state index in [0.29, 0.717) is 11.8 Å². The molecule has 8 heteroatoms. The van der Waals surface area contributed by atoms with Gasteiger partial charge in [0.2, 0.25) is 0 Å². The summed E-state index contributed by atoms with van der Waals surface area (Å²) in [5, 5.41) is 8.24. The lowest BCUT2D eigenvalue weighted by Crippen LogP contribution is -2.22. The minimum absolute atomic E-state index is 0.0455. The van der Waals surface area contributed by atoms with Gasteiger partial charge >= 0.3 is 5.91 Å². The number of carbonyl (C=O) groups is 2. The van der Waals surface area contributed by atoms with Crippen LogP contribution in [0.25, 0.3) is 11.3 Å². The van der Waals surface area contributed by atoms with Crippen molar-refractivity contribution in [1.29, 1.82) is 5.26 Å². The average molecular weight is 301 g/mol. The van der Waals surface area contributed by atoms with Gasteiger partial charge in [0.05, 0.1) is 5.69 Å². The van der Waals surface area contributed by atoms with Crippen molar-refractivity contribution in [3.05, 3.63) is 46.0 Å². The third-order valence-electron chi connectivity index (χ3n) is 2.85. The van der Waals surface area contributed by atoms with Crippen LogP contribution in [-0.2, 0) is 4.79 Å². The normalized spacial score (nSPS) is 13.1. The molecule has 1 aromatic carbocycles. The number of fused-ring (bicyclic) bond motifs is 1. The van der Waals surface area contributed by atoms with Crippen molar-refractivity contribution >= 4 is 22.8 Å². The number of rotatable bonds is 1. The number of hydrogen-bond acceptors (Lipinski definition) is 6. The van der Waals surface area contributed by atoms with E-state index in [1.165, 1.54) is 12.1 Å². The summed E-state index contributed by atoms with van der Waals surface area (Å²) in [7, 11) is 0. The molecular weight excluding hydrogens is 297 g/mol. The van der Waals surface area contributed by atoms with Crippen LogP contribution >= 0.6 is 11.8 Å². The van der Waals surface area contributed by atoms with Crippen LogP contribution in [0.2, 0.25) is 0 Å². The first-order valence-corrected chi connectivity index (χ1v) is 6.44.